The minimum absolute atomic E-state index is 0. The average Bonchev–Trinajstić information content (AvgIpc) is 2.03. The molecule has 0 aliphatic heterocycles. The zero-order valence-corrected chi connectivity index (χ0v) is 10.6. The van der Waals surface area contributed by atoms with Crippen LogP contribution in [0.4, 0.5) is 0 Å². The van der Waals surface area contributed by atoms with Gasteiger partial charge in [-0.3, -0.25) is 4.21 Å². The summed E-state index contributed by atoms with van der Waals surface area (Å²) < 4.78 is 20.3. The van der Waals surface area contributed by atoms with Crippen LogP contribution in [0.15, 0.2) is 29.7 Å². The minimum atomic E-state index is -2.13. The van der Waals surface area contributed by atoms with E-state index in [0.717, 1.165) is 11.0 Å². The predicted molar refractivity (Wildman–Crippen MR) is 49.4 cm³/mol. The molecule has 0 spiro atoms. The van der Waals surface area contributed by atoms with Crippen molar-refractivity contribution >= 4 is 28.8 Å². The molecule has 0 N–H and O–H groups in total. The van der Waals surface area contributed by atoms with Crippen LogP contribution in [0.5, 0.6) is 0 Å². The molecule has 0 radical (unpaired) electrons. The average molecular weight is 225 g/mol. The van der Waals surface area contributed by atoms with Crippen LogP contribution in [0.1, 0.15) is 5.56 Å². The van der Waals surface area contributed by atoms with Gasteiger partial charge >= 0.3 is 29.6 Å². The van der Waals surface area contributed by atoms with Crippen molar-refractivity contribution in [1.82, 2.24) is 0 Å². The zero-order valence-electron chi connectivity index (χ0n) is 7.07. The van der Waals surface area contributed by atoms with Crippen molar-refractivity contribution in [3.8, 4) is 0 Å². The van der Waals surface area contributed by atoms with Gasteiger partial charge in [0.15, 0.2) is 0 Å². The predicted octanol–water partition coefficient (Wildman–Crippen LogP) is -0.806. The van der Waals surface area contributed by atoms with Crippen LogP contribution in [-0.2, 0) is 11.1 Å². The first-order valence-corrected chi connectivity index (χ1v) is 4.72. The van der Waals surface area contributed by atoms with Gasteiger partial charge in [0.25, 0.3) is 0 Å². The zero-order chi connectivity index (χ0) is 8.97. The Labute approximate surface area is 107 Å². The second kappa shape index (κ2) is 6.76. The molecule has 0 aromatic heterocycles. The molecule has 0 heterocycles. The minimum Gasteiger partial charge on any atom is -0.769 e. The maximum Gasteiger partial charge on any atom is 1.00 e. The van der Waals surface area contributed by atoms with Gasteiger partial charge in [-0.1, -0.05) is 23.7 Å². The van der Waals surface area contributed by atoms with Crippen LogP contribution in [0.2, 0.25) is 5.02 Å². The van der Waals surface area contributed by atoms with E-state index in [-0.39, 0.29) is 29.6 Å². The molecule has 2 nitrogen and oxygen atoms in total. The molecule has 0 amide bonds. The molecule has 64 valence electrons. The molecule has 1 aromatic carbocycles. The number of benzene rings is 1. The van der Waals surface area contributed by atoms with Gasteiger partial charge in [-0.25, -0.2) is 0 Å². The molecule has 0 bridgehead atoms. The van der Waals surface area contributed by atoms with E-state index in [1.165, 1.54) is 6.08 Å². The van der Waals surface area contributed by atoms with Crippen LogP contribution in [0.25, 0.3) is 6.08 Å². The summed E-state index contributed by atoms with van der Waals surface area (Å²) in [6, 6.07) is 6.89. The maximum atomic E-state index is 10.1. The van der Waals surface area contributed by atoms with Crippen LogP contribution >= 0.6 is 11.6 Å². The van der Waals surface area contributed by atoms with Crippen molar-refractivity contribution in [1.29, 1.82) is 0 Å². The second-order valence-electron chi connectivity index (χ2n) is 2.11. The van der Waals surface area contributed by atoms with Gasteiger partial charge in [0.2, 0.25) is 0 Å². The molecule has 0 aliphatic carbocycles. The largest absolute Gasteiger partial charge is 1.00 e. The number of rotatable bonds is 2. The van der Waals surface area contributed by atoms with Crippen LogP contribution in [0.3, 0.4) is 0 Å². The van der Waals surface area contributed by atoms with E-state index in [4.69, 9.17) is 11.6 Å². The van der Waals surface area contributed by atoms with Gasteiger partial charge in [0, 0.05) is 5.02 Å². The fourth-order valence-corrected chi connectivity index (χ4v) is 1.10. The summed E-state index contributed by atoms with van der Waals surface area (Å²) in [5, 5.41) is 1.72. The Morgan fingerprint density at radius 3 is 2.31 bits per heavy atom. The summed E-state index contributed by atoms with van der Waals surface area (Å²) in [4.78, 5) is 0. The summed E-state index contributed by atoms with van der Waals surface area (Å²) >= 11 is 3.49. The van der Waals surface area contributed by atoms with Crippen LogP contribution in [0, 0.1) is 0 Å². The van der Waals surface area contributed by atoms with E-state index in [9.17, 15) is 8.76 Å². The smallest absolute Gasteiger partial charge is 0.769 e. The third kappa shape index (κ3) is 5.62. The Morgan fingerprint density at radius 1 is 1.31 bits per heavy atom. The van der Waals surface area contributed by atoms with E-state index in [1.54, 1.807) is 24.3 Å². The molecule has 0 fully saturated rings. The van der Waals surface area contributed by atoms with Crippen LogP contribution < -0.4 is 29.6 Å². The summed E-state index contributed by atoms with van der Waals surface area (Å²) in [5.41, 5.74) is 0.809. The molecule has 0 aliphatic rings. The van der Waals surface area contributed by atoms with Gasteiger partial charge in [-0.05, 0) is 40.3 Å². The first kappa shape index (κ1) is 13.4. The van der Waals surface area contributed by atoms with E-state index in [2.05, 4.69) is 0 Å². The molecule has 1 atom stereocenters. The van der Waals surface area contributed by atoms with Gasteiger partial charge in [0.05, 0.1) is 0 Å². The fourth-order valence-electron chi connectivity index (χ4n) is 0.708. The number of hydrogen-bond donors (Lipinski definition) is 0. The molecule has 1 aromatic rings. The first-order valence-electron chi connectivity index (χ1n) is 3.20. The monoisotopic (exact) mass is 224 g/mol. The van der Waals surface area contributed by atoms with Gasteiger partial charge in [-0.15, -0.1) is 0 Å². The summed E-state index contributed by atoms with van der Waals surface area (Å²) in [5.74, 6) is 0. The van der Waals surface area contributed by atoms with Gasteiger partial charge in [0.1, 0.15) is 0 Å². The molecule has 5 heteroatoms. The van der Waals surface area contributed by atoms with Crippen molar-refractivity contribution in [2.75, 3.05) is 0 Å². The Balaban J connectivity index is 0.00000144. The maximum absolute atomic E-state index is 10.1. The molecule has 0 saturated heterocycles. The Morgan fingerprint density at radius 2 is 1.85 bits per heavy atom. The molecule has 1 rings (SSSR count). The topological polar surface area (TPSA) is 40.1 Å². The molecular weight excluding hydrogens is 219 g/mol. The fraction of sp³-hybridized carbons (Fsp3) is 0. The number of halogens is 1. The summed E-state index contributed by atoms with van der Waals surface area (Å²) in [6.07, 6.45) is 1.50. The van der Waals surface area contributed by atoms with E-state index in [0.29, 0.717) is 5.02 Å². The SMILES string of the molecule is O=S([O-])/C=C/c1ccc(Cl)cc1.[Na+]. The second-order valence-corrected chi connectivity index (χ2v) is 3.34. The molecule has 0 saturated carbocycles. The number of hydrogen-bond acceptors (Lipinski definition) is 2. The molecular formula is C8H6ClNaO2S. The van der Waals surface area contributed by atoms with E-state index >= 15 is 0 Å². The van der Waals surface area contributed by atoms with Gasteiger partial charge < -0.3 is 4.55 Å². The normalized spacial score (nSPS) is 12.5. The Bertz CT molecular complexity index is 310. The quantitative estimate of drug-likeness (QED) is 0.487. The standard InChI is InChI=1S/C8H7ClO2S.Na/c9-8-3-1-7(2-4-8)5-6-12(10)11;/h1-6H,(H,10,11);/q;+1/p-1/b6-5+;. The van der Waals surface area contributed by atoms with Crippen molar-refractivity contribution in [2.24, 2.45) is 0 Å². The van der Waals surface area contributed by atoms with Gasteiger partial charge in [-0.2, -0.15) is 0 Å². The summed E-state index contributed by atoms with van der Waals surface area (Å²) in [6.45, 7) is 0. The van der Waals surface area contributed by atoms with E-state index < -0.39 is 11.1 Å². The van der Waals surface area contributed by atoms with Crippen molar-refractivity contribution in [3.63, 3.8) is 0 Å². The van der Waals surface area contributed by atoms with Crippen molar-refractivity contribution in [2.45, 2.75) is 0 Å². The molecule has 1 unspecified atom stereocenters. The third-order valence-corrected chi connectivity index (χ3v) is 1.85. The van der Waals surface area contributed by atoms with E-state index in [1.807, 2.05) is 0 Å². The molecule has 13 heavy (non-hydrogen) atoms. The Hall–Kier alpha value is 0.360. The third-order valence-electron chi connectivity index (χ3n) is 1.24. The van der Waals surface area contributed by atoms with Crippen molar-refractivity contribution < 1.29 is 38.3 Å². The van der Waals surface area contributed by atoms with Crippen LogP contribution in [-0.4, -0.2) is 8.76 Å². The Kier molecular flexibility index (Phi) is 6.95. The summed E-state index contributed by atoms with van der Waals surface area (Å²) in [7, 11) is 0. The van der Waals surface area contributed by atoms with Crippen molar-refractivity contribution in [3.05, 3.63) is 40.3 Å². The first-order chi connectivity index (χ1) is 5.68.